The Balaban J connectivity index is 1.59. The summed E-state index contributed by atoms with van der Waals surface area (Å²) in [4.78, 5) is 12.1. The molecular weight excluding hydrogens is 288 g/mol. The topological polar surface area (TPSA) is 49.8 Å². The first kappa shape index (κ1) is 14.5. The van der Waals surface area contributed by atoms with E-state index in [1.165, 1.54) is 25.7 Å². The van der Waals surface area contributed by atoms with Crippen LogP contribution in [0.1, 0.15) is 65.2 Å². The summed E-state index contributed by atoms with van der Waals surface area (Å²) in [5.41, 5.74) is 1.72. The number of hydrogen-bond acceptors (Lipinski definition) is 2. The van der Waals surface area contributed by atoms with Gasteiger partial charge >= 0.3 is 5.97 Å². The fourth-order valence-corrected chi connectivity index (χ4v) is 7.53. The fourth-order valence-electron chi connectivity index (χ4n) is 7.53. The average molecular weight is 316 g/mol. The van der Waals surface area contributed by atoms with Gasteiger partial charge in [-0.15, -0.1) is 0 Å². The summed E-state index contributed by atoms with van der Waals surface area (Å²) < 4.78 is 5.94. The Bertz CT molecular complexity index is 618. The molecule has 1 heterocycles. The Morgan fingerprint density at radius 2 is 2.09 bits per heavy atom. The van der Waals surface area contributed by atoms with Crippen molar-refractivity contribution in [2.24, 2.45) is 28.1 Å². The van der Waals surface area contributed by atoms with Crippen LogP contribution in [0.5, 0.6) is 0 Å². The van der Waals surface area contributed by atoms with Crippen molar-refractivity contribution < 1.29 is 14.6 Å². The highest BCUT2D eigenvalue weighted by Gasteiger charge is 2.69. The maximum absolute atomic E-state index is 12.1. The lowest BCUT2D eigenvalue weighted by atomic mass is 9.44. The van der Waals surface area contributed by atoms with E-state index in [-0.39, 0.29) is 11.0 Å². The molecule has 5 rings (SSSR count). The van der Waals surface area contributed by atoms with Crippen LogP contribution in [0.15, 0.2) is 11.6 Å². The minimum absolute atomic E-state index is 0.0923. The molecule has 0 aromatic carbocycles. The van der Waals surface area contributed by atoms with E-state index in [2.05, 4.69) is 13.0 Å². The van der Waals surface area contributed by atoms with Gasteiger partial charge in [0.05, 0.1) is 17.6 Å². The highest BCUT2D eigenvalue weighted by molar-refractivity contribution is 5.75. The molecule has 126 valence electrons. The molecule has 3 saturated carbocycles. The predicted molar refractivity (Wildman–Crippen MR) is 87.0 cm³/mol. The maximum Gasteiger partial charge on any atom is 0.309 e. The first-order valence-electron chi connectivity index (χ1n) is 9.43. The van der Waals surface area contributed by atoms with Crippen LogP contribution in [0, 0.1) is 28.1 Å². The third kappa shape index (κ3) is 1.58. The van der Waals surface area contributed by atoms with Gasteiger partial charge in [-0.3, -0.25) is 4.79 Å². The summed E-state index contributed by atoms with van der Waals surface area (Å²) in [6.45, 7) is 5.37. The second-order valence-electron chi connectivity index (χ2n) is 9.65. The Kier molecular flexibility index (Phi) is 2.55. The molecule has 23 heavy (non-hydrogen) atoms. The quantitative estimate of drug-likeness (QED) is 0.583. The number of epoxide rings is 1. The zero-order valence-corrected chi connectivity index (χ0v) is 14.4. The van der Waals surface area contributed by atoms with Gasteiger partial charge in [-0.2, -0.15) is 0 Å². The van der Waals surface area contributed by atoms with Crippen LogP contribution in [0.3, 0.4) is 0 Å². The number of aliphatic carboxylic acids is 1. The van der Waals surface area contributed by atoms with Crippen LogP contribution in [0.25, 0.3) is 0 Å². The minimum atomic E-state index is -0.577. The van der Waals surface area contributed by atoms with Crippen molar-refractivity contribution in [3.05, 3.63) is 11.6 Å². The summed E-state index contributed by atoms with van der Waals surface area (Å²) >= 11 is 0. The van der Waals surface area contributed by atoms with Gasteiger partial charge in [0.15, 0.2) is 0 Å². The molecule has 0 unspecified atom stereocenters. The first-order valence-corrected chi connectivity index (χ1v) is 9.43. The number of fused-ring (bicyclic) bond motifs is 4. The van der Waals surface area contributed by atoms with Gasteiger partial charge in [-0.05, 0) is 74.5 Å². The van der Waals surface area contributed by atoms with E-state index < -0.39 is 11.4 Å². The van der Waals surface area contributed by atoms with Gasteiger partial charge in [0.1, 0.15) is 0 Å². The SMILES string of the molecule is C[C@@]1(C(=O)O)CCC[C@@]2(C)C3=CC[C@@H]4C[C@@]3(CC[C@H]12)C[C@@]41CO1. The summed E-state index contributed by atoms with van der Waals surface area (Å²) in [6, 6.07) is 0. The third-order valence-electron chi connectivity index (χ3n) is 8.66. The monoisotopic (exact) mass is 316 g/mol. The molecular formula is C20H28O3. The van der Waals surface area contributed by atoms with Gasteiger partial charge < -0.3 is 9.84 Å². The molecule has 5 aliphatic rings. The number of carboxylic acids is 1. The lowest BCUT2D eigenvalue weighted by Gasteiger charge is -2.60. The zero-order chi connectivity index (χ0) is 16.1. The molecule has 3 nitrogen and oxygen atoms in total. The van der Waals surface area contributed by atoms with Crippen LogP contribution < -0.4 is 0 Å². The van der Waals surface area contributed by atoms with Crippen molar-refractivity contribution in [3.63, 3.8) is 0 Å². The van der Waals surface area contributed by atoms with Crippen LogP contribution >= 0.6 is 0 Å². The van der Waals surface area contributed by atoms with Gasteiger partial charge in [0.2, 0.25) is 0 Å². The van der Waals surface area contributed by atoms with E-state index in [0.717, 1.165) is 38.2 Å². The van der Waals surface area contributed by atoms with Crippen molar-refractivity contribution in [2.45, 2.75) is 70.8 Å². The molecule has 4 aliphatic carbocycles. The number of ether oxygens (including phenoxy) is 1. The highest BCUT2D eigenvalue weighted by Crippen LogP contribution is 2.73. The first-order chi connectivity index (χ1) is 10.8. The maximum atomic E-state index is 12.1. The molecule has 2 spiro atoms. The molecule has 1 aliphatic heterocycles. The molecule has 3 heteroatoms. The Hall–Kier alpha value is -0.830. The van der Waals surface area contributed by atoms with E-state index in [1.807, 2.05) is 6.92 Å². The number of allylic oxidation sites excluding steroid dienone is 2. The average Bonchev–Trinajstić information content (AvgIpc) is 3.22. The second-order valence-corrected chi connectivity index (χ2v) is 9.65. The van der Waals surface area contributed by atoms with Crippen molar-refractivity contribution in [3.8, 4) is 0 Å². The van der Waals surface area contributed by atoms with Gasteiger partial charge in [-0.25, -0.2) is 0 Å². The molecule has 2 bridgehead atoms. The van der Waals surface area contributed by atoms with Crippen molar-refractivity contribution >= 4 is 5.97 Å². The van der Waals surface area contributed by atoms with Crippen LogP contribution in [-0.4, -0.2) is 23.3 Å². The molecule has 0 aromatic heterocycles. The fraction of sp³-hybridized carbons (Fsp3) is 0.850. The number of rotatable bonds is 1. The van der Waals surface area contributed by atoms with Gasteiger partial charge in [0.25, 0.3) is 0 Å². The second kappa shape index (κ2) is 4.04. The summed E-state index contributed by atoms with van der Waals surface area (Å²) in [6.07, 6.45) is 11.5. The minimum Gasteiger partial charge on any atom is -0.481 e. The summed E-state index contributed by atoms with van der Waals surface area (Å²) in [7, 11) is 0. The largest absolute Gasteiger partial charge is 0.481 e. The van der Waals surface area contributed by atoms with Crippen molar-refractivity contribution in [1.82, 2.24) is 0 Å². The van der Waals surface area contributed by atoms with E-state index in [9.17, 15) is 9.90 Å². The zero-order valence-electron chi connectivity index (χ0n) is 14.4. The standard InChI is InChI=1S/C20H28O3/c1-17-7-3-8-18(2,16(21)22)14(17)6-9-19-10-13(4-5-15(17)19)20(11-19)12-23-20/h5,13-14H,3-4,6-12H2,1-2H3,(H,21,22)/t13-,14+,17-,18-,19+,20-/m1/s1. The van der Waals surface area contributed by atoms with E-state index in [0.29, 0.717) is 11.3 Å². The van der Waals surface area contributed by atoms with Crippen LogP contribution in [-0.2, 0) is 9.53 Å². The van der Waals surface area contributed by atoms with Crippen molar-refractivity contribution in [1.29, 1.82) is 0 Å². The molecule has 0 aromatic rings. The molecule has 0 radical (unpaired) electrons. The smallest absolute Gasteiger partial charge is 0.309 e. The van der Waals surface area contributed by atoms with E-state index in [4.69, 9.17) is 4.74 Å². The lowest BCUT2D eigenvalue weighted by Crippen LogP contribution is -2.54. The highest BCUT2D eigenvalue weighted by atomic mass is 16.6. The van der Waals surface area contributed by atoms with Gasteiger partial charge in [0, 0.05) is 0 Å². The molecule has 1 N–H and O–H groups in total. The summed E-state index contributed by atoms with van der Waals surface area (Å²) in [5, 5.41) is 9.93. The van der Waals surface area contributed by atoms with Gasteiger partial charge in [-0.1, -0.05) is 25.0 Å². The molecule has 1 saturated heterocycles. The van der Waals surface area contributed by atoms with E-state index in [1.54, 1.807) is 5.57 Å². The molecule has 6 atom stereocenters. The molecule has 4 fully saturated rings. The third-order valence-corrected chi connectivity index (χ3v) is 8.66. The van der Waals surface area contributed by atoms with E-state index >= 15 is 0 Å². The van der Waals surface area contributed by atoms with Crippen molar-refractivity contribution in [2.75, 3.05) is 6.61 Å². The Labute approximate surface area is 138 Å². The summed E-state index contributed by atoms with van der Waals surface area (Å²) in [5.74, 6) is 0.444. The van der Waals surface area contributed by atoms with Crippen LogP contribution in [0.4, 0.5) is 0 Å². The van der Waals surface area contributed by atoms with Crippen LogP contribution in [0.2, 0.25) is 0 Å². The number of carboxylic acid groups (broad SMARTS) is 1. The number of carbonyl (C=O) groups is 1. The predicted octanol–water partition coefficient (Wildman–Crippen LogP) is 4.17. The molecule has 0 amide bonds. The normalized spacial score (nSPS) is 56.7. The lowest BCUT2D eigenvalue weighted by molar-refractivity contribution is -0.161. The Morgan fingerprint density at radius 3 is 2.78 bits per heavy atom. The number of hydrogen-bond donors (Lipinski definition) is 1. The Morgan fingerprint density at radius 1 is 1.30 bits per heavy atom.